The molecule has 41 heavy (non-hydrogen) atoms. The number of nitrogens with one attached hydrogen (secondary N) is 2. The van der Waals surface area contributed by atoms with Crippen molar-refractivity contribution in [3.63, 3.8) is 0 Å². The Hall–Kier alpha value is -4.87. The molecule has 3 amide bonds. The maximum atomic E-state index is 14.9. The van der Waals surface area contributed by atoms with Crippen LogP contribution in [-0.4, -0.2) is 52.2 Å². The van der Waals surface area contributed by atoms with E-state index in [0.717, 1.165) is 25.3 Å². The van der Waals surface area contributed by atoms with Crippen LogP contribution in [0.5, 0.6) is 5.75 Å². The van der Waals surface area contributed by atoms with Crippen LogP contribution in [0.2, 0.25) is 0 Å². The number of benzene rings is 2. The lowest BCUT2D eigenvalue weighted by Crippen LogP contribution is -2.41. The molecular formula is C29H34FN7O4. The zero-order chi connectivity index (χ0) is 29.5. The van der Waals surface area contributed by atoms with Gasteiger partial charge >= 0.3 is 6.03 Å². The third-order valence-electron chi connectivity index (χ3n) is 6.63. The largest absolute Gasteiger partial charge is 0.438 e. The lowest BCUT2D eigenvalue weighted by molar-refractivity contribution is 0.102. The van der Waals surface area contributed by atoms with Gasteiger partial charge in [-0.25, -0.2) is 13.9 Å². The molecule has 0 unspecified atom stereocenters. The van der Waals surface area contributed by atoms with Crippen LogP contribution >= 0.6 is 0 Å². The van der Waals surface area contributed by atoms with Crippen LogP contribution < -0.4 is 26.7 Å². The van der Waals surface area contributed by atoms with E-state index in [0.29, 0.717) is 31.0 Å². The van der Waals surface area contributed by atoms with Crippen LogP contribution in [0, 0.1) is 12.7 Å². The van der Waals surface area contributed by atoms with Gasteiger partial charge in [-0.3, -0.25) is 24.6 Å². The van der Waals surface area contributed by atoms with E-state index in [1.165, 1.54) is 29.9 Å². The zero-order valence-corrected chi connectivity index (χ0v) is 23.3. The van der Waals surface area contributed by atoms with Gasteiger partial charge in [0.25, 0.3) is 11.5 Å². The first kappa shape index (κ1) is 29.1. The predicted molar refractivity (Wildman–Crippen MR) is 155 cm³/mol. The maximum Gasteiger partial charge on any atom is 0.322 e. The van der Waals surface area contributed by atoms with Crippen LogP contribution in [0.15, 0.2) is 70.3 Å². The number of hydrogen-bond acceptors (Lipinski definition) is 6. The van der Waals surface area contributed by atoms with Gasteiger partial charge in [0.15, 0.2) is 17.4 Å². The van der Waals surface area contributed by atoms with E-state index in [9.17, 15) is 18.8 Å². The van der Waals surface area contributed by atoms with E-state index in [1.807, 2.05) is 25.1 Å². The number of nitrogens with two attached hydrogens (primary N) is 1. The van der Waals surface area contributed by atoms with E-state index < -0.39 is 17.3 Å². The third kappa shape index (κ3) is 6.65. The second kappa shape index (κ2) is 13.0. The molecule has 0 radical (unpaired) electrons. The Balaban J connectivity index is 1.48. The summed E-state index contributed by atoms with van der Waals surface area (Å²) in [5.41, 5.74) is 6.68. The van der Waals surface area contributed by atoms with Crippen molar-refractivity contribution < 1.29 is 18.7 Å². The minimum atomic E-state index is -0.794. The predicted octanol–water partition coefficient (Wildman–Crippen LogP) is 3.76. The van der Waals surface area contributed by atoms with Crippen molar-refractivity contribution in [2.75, 3.05) is 25.5 Å². The number of nitrogens with zero attached hydrogens (tertiary/aromatic N) is 4. The van der Waals surface area contributed by atoms with Gasteiger partial charge in [0, 0.05) is 44.5 Å². The van der Waals surface area contributed by atoms with Crippen molar-refractivity contribution in [2.24, 2.45) is 10.7 Å². The van der Waals surface area contributed by atoms with Gasteiger partial charge < -0.3 is 20.7 Å². The van der Waals surface area contributed by atoms with Crippen LogP contribution in [0.1, 0.15) is 42.2 Å². The summed E-state index contributed by atoms with van der Waals surface area (Å²) in [6, 6.07) is 12.6. The first-order chi connectivity index (χ1) is 19.7. The number of amidine groups is 1. The lowest BCUT2D eigenvalue weighted by atomic mass is 10.2. The molecular weight excluding hydrogens is 529 g/mol. The molecule has 0 atom stereocenters. The Morgan fingerprint density at radius 3 is 2.49 bits per heavy atom. The Kier molecular flexibility index (Phi) is 9.23. The monoisotopic (exact) mass is 563 g/mol. The molecule has 0 bridgehead atoms. The number of carbonyl (C=O) groups excluding carboxylic acids is 2. The van der Waals surface area contributed by atoms with Crippen molar-refractivity contribution in [3.05, 3.63) is 87.9 Å². The molecule has 0 saturated carbocycles. The summed E-state index contributed by atoms with van der Waals surface area (Å²) in [7, 11) is 1.48. The number of amides is 3. The van der Waals surface area contributed by atoms with Gasteiger partial charge in [-0.1, -0.05) is 25.1 Å². The quantitative estimate of drug-likeness (QED) is 0.218. The van der Waals surface area contributed by atoms with Crippen molar-refractivity contribution >= 4 is 23.5 Å². The SMILES string of the molecule is CCCn1c(C)c(C(=O)Nc2ccc(OC(N)=CC(=NC)NC(=O)N3CCCC3)c(F)c2)c(=O)n1-c1ccccc1. The number of ether oxygens (including phenoxy) is 1. The topological polar surface area (TPSA) is 136 Å². The maximum absolute atomic E-state index is 14.9. The van der Waals surface area contributed by atoms with Crippen LogP contribution in [0.25, 0.3) is 5.69 Å². The molecule has 2 heterocycles. The highest BCUT2D eigenvalue weighted by Crippen LogP contribution is 2.23. The molecule has 4 rings (SSSR count). The standard InChI is InChI=1S/C29H34FN7O4/c1-4-14-36-19(2)26(28(39)37(36)21-10-6-5-7-11-21)27(38)33-20-12-13-23(22(30)17-20)41-24(31)18-25(32-3)34-29(40)35-15-8-9-16-35/h5-7,10-13,17-18H,4,8-9,14-16,31H2,1-3H3,(H,33,38)(H,32,34,40). The average Bonchev–Trinajstić information content (AvgIpc) is 3.57. The summed E-state index contributed by atoms with van der Waals surface area (Å²) in [6.45, 7) is 5.55. The Labute approximate surface area is 237 Å². The highest BCUT2D eigenvalue weighted by Gasteiger charge is 2.24. The molecule has 1 aromatic heterocycles. The molecule has 216 valence electrons. The molecule has 1 aliphatic rings. The molecule has 3 aromatic rings. The van der Waals surface area contributed by atoms with Crippen molar-refractivity contribution in [1.82, 2.24) is 19.6 Å². The highest BCUT2D eigenvalue weighted by atomic mass is 19.1. The van der Waals surface area contributed by atoms with Gasteiger partial charge in [-0.15, -0.1) is 0 Å². The van der Waals surface area contributed by atoms with E-state index in [-0.39, 0.29) is 34.8 Å². The summed E-state index contributed by atoms with van der Waals surface area (Å²) in [5.74, 6) is -1.68. The number of hydrogen-bond donors (Lipinski definition) is 3. The summed E-state index contributed by atoms with van der Waals surface area (Å²) in [6.07, 6.45) is 3.92. The average molecular weight is 564 g/mol. The first-order valence-electron chi connectivity index (χ1n) is 13.4. The summed E-state index contributed by atoms with van der Waals surface area (Å²) < 4.78 is 23.6. The molecule has 1 saturated heterocycles. The molecule has 1 aliphatic heterocycles. The minimum absolute atomic E-state index is 0.0300. The number of aromatic nitrogens is 2. The molecule has 4 N–H and O–H groups in total. The first-order valence-corrected chi connectivity index (χ1v) is 13.4. The van der Waals surface area contributed by atoms with E-state index in [1.54, 1.807) is 28.6 Å². The number of rotatable bonds is 8. The van der Waals surface area contributed by atoms with Gasteiger partial charge in [0.05, 0.1) is 11.4 Å². The van der Waals surface area contributed by atoms with Crippen molar-refractivity contribution in [1.29, 1.82) is 0 Å². The van der Waals surface area contributed by atoms with Gasteiger partial charge in [-0.2, -0.15) is 0 Å². The third-order valence-corrected chi connectivity index (χ3v) is 6.63. The Morgan fingerprint density at radius 2 is 1.85 bits per heavy atom. The molecule has 2 aromatic carbocycles. The van der Waals surface area contributed by atoms with Gasteiger partial charge in [0.2, 0.25) is 0 Å². The number of aliphatic imine (C=N–C) groups is 1. The zero-order valence-electron chi connectivity index (χ0n) is 23.3. The molecule has 1 fully saturated rings. The number of carbonyl (C=O) groups is 2. The van der Waals surface area contributed by atoms with Gasteiger partial charge in [-0.05, 0) is 50.5 Å². The van der Waals surface area contributed by atoms with Crippen molar-refractivity contribution in [3.8, 4) is 11.4 Å². The van der Waals surface area contributed by atoms with E-state index >= 15 is 0 Å². The van der Waals surface area contributed by atoms with Gasteiger partial charge in [0.1, 0.15) is 11.4 Å². The number of anilines is 1. The molecule has 11 nitrogen and oxygen atoms in total. The number of para-hydroxylation sites is 1. The normalized spacial score (nSPS) is 13.8. The molecule has 0 spiro atoms. The molecule has 12 heteroatoms. The Morgan fingerprint density at radius 1 is 1.15 bits per heavy atom. The second-order valence-electron chi connectivity index (χ2n) is 9.52. The number of urea groups is 1. The van der Waals surface area contributed by atoms with Crippen LogP contribution in [0.3, 0.4) is 0 Å². The van der Waals surface area contributed by atoms with Crippen LogP contribution in [0.4, 0.5) is 14.9 Å². The fraction of sp³-hybridized carbons (Fsp3) is 0.310. The lowest BCUT2D eigenvalue weighted by Gasteiger charge is -2.16. The van der Waals surface area contributed by atoms with E-state index in [2.05, 4.69) is 15.6 Å². The van der Waals surface area contributed by atoms with Crippen LogP contribution in [-0.2, 0) is 6.54 Å². The minimum Gasteiger partial charge on any atom is -0.438 e. The summed E-state index contributed by atoms with van der Waals surface area (Å²) >= 11 is 0. The summed E-state index contributed by atoms with van der Waals surface area (Å²) in [4.78, 5) is 44.5. The fourth-order valence-electron chi connectivity index (χ4n) is 4.63. The fourth-order valence-corrected chi connectivity index (χ4v) is 4.63. The second-order valence-corrected chi connectivity index (χ2v) is 9.52. The molecule has 0 aliphatic carbocycles. The number of likely N-dealkylation sites (tertiary alicyclic amines) is 1. The highest BCUT2D eigenvalue weighted by molar-refractivity contribution is 6.05. The Bertz CT molecular complexity index is 1540. The van der Waals surface area contributed by atoms with E-state index in [4.69, 9.17) is 10.5 Å². The van der Waals surface area contributed by atoms with Crippen molar-refractivity contribution in [2.45, 2.75) is 39.7 Å². The number of halogens is 1. The smallest absolute Gasteiger partial charge is 0.322 e. The summed E-state index contributed by atoms with van der Waals surface area (Å²) in [5, 5.41) is 5.26.